The number of hydrogen-bond acceptors (Lipinski definition) is 1. The maximum atomic E-state index is 10.6. The molecule has 0 aliphatic heterocycles. The minimum Gasteiger partial charge on any atom is -0.370 e. The molecular weight excluding hydrogens is 162 g/mol. The van der Waals surface area contributed by atoms with Crippen LogP contribution in [0.1, 0.15) is 31.2 Å². The van der Waals surface area contributed by atoms with Crippen molar-refractivity contribution in [2.24, 2.45) is 5.73 Å². The molecule has 2 N–H and O–H groups in total. The summed E-state index contributed by atoms with van der Waals surface area (Å²) < 4.78 is 0. The Balaban J connectivity index is 2.49. The fraction of sp³-hybridized carbons (Fsp3) is 0.364. The number of rotatable bonds is 4. The van der Waals surface area contributed by atoms with Crippen molar-refractivity contribution in [3.63, 3.8) is 0 Å². The minimum atomic E-state index is -0.220. The Bertz CT molecular complexity index is 269. The number of hydrogen-bond donors (Lipinski definition) is 1. The quantitative estimate of drug-likeness (QED) is 0.751. The fourth-order valence-corrected chi connectivity index (χ4v) is 1.31. The van der Waals surface area contributed by atoms with E-state index in [4.69, 9.17) is 5.73 Å². The van der Waals surface area contributed by atoms with Crippen LogP contribution in [0.4, 0.5) is 0 Å². The Labute approximate surface area is 78.8 Å². The first-order valence-corrected chi connectivity index (χ1v) is 4.53. The summed E-state index contributed by atoms with van der Waals surface area (Å²) in [7, 11) is 0. The second-order valence-corrected chi connectivity index (χ2v) is 3.32. The van der Waals surface area contributed by atoms with Crippen molar-refractivity contribution < 1.29 is 4.79 Å². The number of nitrogens with two attached hydrogens (primary N) is 1. The van der Waals surface area contributed by atoms with Gasteiger partial charge < -0.3 is 5.73 Å². The van der Waals surface area contributed by atoms with Gasteiger partial charge in [0.1, 0.15) is 0 Å². The topological polar surface area (TPSA) is 43.1 Å². The standard InChI is InChI=1S/C11H15NO/c1-9(7-8-11(12)13)10-5-3-2-4-6-10/h2-6,9H,7-8H2,1H3,(H2,12,13). The van der Waals surface area contributed by atoms with Gasteiger partial charge in [-0.3, -0.25) is 4.79 Å². The van der Waals surface area contributed by atoms with E-state index in [9.17, 15) is 4.79 Å². The predicted octanol–water partition coefficient (Wildman–Crippen LogP) is 2.06. The van der Waals surface area contributed by atoms with Crippen LogP contribution in [0.25, 0.3) is 0 Å². The van der Waals surface area contributed by atoms with Crippen LogP contribution >= 0.6 is 0 Å². The van der Waals surface area contributed by atoms with Gasteiger partial charge in [0.05, 0.1) is 0 Å². The maximum absolute atomic E-state index is 10.6. The Kier molecular flexibility index (Phi) is 3.50. The molecule has 1 amide bonds. The summed E-state index contributed by atoms with van der Waals surface area (Å²) in [5.41, 5.74) is 6.35. The van der Waals surface area contributed by atoms with Crippen LogP contribution in [0.15, 0.2) is 30.3 Å². The molecule has 2 nitrogen and oxygen atoms in total. The van der Waals surface area contributed by atoms with E-state index >= 15 is 0 Å². The van der Waals surface area contributed by atoms with Gasteiger partial charge in [0.15, 0.2) is 0 Å². The Morgan fingerprint density at radius 3 is 2.54 bits per heavy atom. The molecule has 0 aliphatic carbocycles. The second kappa shape index (κ2) is 4.65. The molecule has 2 heteroatoms. The Hall–Kier alpha value is -1.31. The lowest BCUT2D eigenvalue weighted by molar-refractivity contribution is -0.118. The van der Waals surface area contributed by atoms with Crippen LogP contribution < -0.4 is 5.73 Å². The fourth-order valence-electron chi connectivity index (χ4n) is 1.31. The molecule has 1 atom stereocenters. The highest BCUT2D eigenvalue weighted by atomic mass is 16.1. The molecule has 1 aromatic rings. The first-order valence-electron chi connectivity index (χ1n) is 4.53. The molecule has 1 rings (SSSR count). The highest BCUT2D eigenvalue weighted by Gasteiger charge is 2.05. The summed E-state index contributed by atoms with van der Waals surface area (Å²) in [4.78, 5) is 10.6. The monoisotopic (exact) mass is 177 g/mol. The summed E-state index contributed by atoms with van der Waals surface area (Å²) in [5, 5.41) is 0. The number of carbonyl (C=O) groups excluding carboxylic acids is 1. The van der Waals surface area contributed by atoms with Crippen LogP contribution in [-0.4, -0.2) is 5.91 Å². The van der Waals surface area contributed by atoms with Crippen LogP contribution in [0, 0.1) is 0 Å². The van der Waals surface area contributed by atoms with Crippen molar-refractivity contribution in [3.8, 4) is 0 Å². The van der Waals surface area contributed by atoms with Crippen molar-refractivity contribution in [3.05, 3.63) is 35.9 Å². The maximum Gasteiger partial charge on any atom is 0.217 e. The van der Waals surface area contributed by atoms with E-state index < -0.39 is 0 Å². The molecule has 1 aromatic carbocycles. The van der Waals surface area contributed by atoms with E-state index in [0.717, 1.165) is 6.42 Å². The van der Waals surface area contributed by atoms with Crippen molar-refractivity contribution in [2.75, 3.05) is 0 Å². The van der Waals surface area contributed by atoms with Gasteiger partial charge in [-0.1, -0.05) is 37.3 Å². The molecule has 1 unspecified atom stereocenters. The van der Waals surface area contributed by atoms with Gasteiger partial charge in [0.2, 0.25) is 5.91 Å². The van der Waals surface area contributed by atoms with Crippen LogP contribution in [0.5, 0.6) is 0 Å². The zero-order chi connectivity index (χ0) is 9.68. The number of benzene rings is 1. The summed E-state index contributed by atoms with van der Waals surface area (Å²) in [6, 6.07) is 10.2. The smallest absolute Gasteiger partial charge is 0.217 e. The third-order valence-corrected chi connectivity index (χ3v) is 2.19. The van der Waals surface area contributed by atoms with E-state index in [0.29, 0.717) is 12.3 Å². The third kappa shape index (κ3) is 3.28. The third-order valence-electron chi connectivity index (χ3n) is 2.19. The molecule has 70 valence electrons. The van der Waals surface area contributed by atoms with Gasteiger partial charge in [-0.25, -0.2) is 0 Å². The van der Waals surface area contributed by atoms with Gasteiger partial charge in [-0.2, -0.15) is 0 Å². The highest BCUT2D eigenvalue weighted by molar-refractivity contribution is 5.73. The first-order chi connectivity index (χ1) is 6.20. The number of primary amides is 1. The second-order valence-electron chi connectivity index (χ2n) is 3.32. The van der Waals surface area contributed by atoms with Crippen LogP contribution in [0.3, 0.4) is 0 Å². The molecule has 0 aliphatic rings. The molecule has 0 heterocycles. The lowest BCUT2D eigenvalue weighted by atomic mass is 9.96. The molecular formula is C11H15NO. The Morgan fingerprint density at radius 1 is 1.38 bits per heavy atom. The zero-order valence-electron chi connectivity index (χ0n) is 7.86. The van der Waals surface area contributed by atoms with Gasteiger partial charge in [0.25, 0.3) is 0 Å². The minimum absolute atomic E-state index is 0.220. The highest BCUT2D eigenvalue weighted by Crippen LogP contribution is 2.19. The normalized spacial score (nSPS) is 12.4. The zero-order valence-corrected chi connectivity index (χ0v) is 7.86. The van der Waals surface area contributed by atoms with Crippen LogP contribution in [-0.2, 0) is 4.79 Å². The van der Waals surface area contributed by atoms with Gasteiger partial charge in [-0.05, 0) is 17.9 Å². The van der Waals surface area contributed by atoms with Gasteiger partial charge >= 0.3 is 0 Å². The van der Waals surface area contributed by atoms with Gasteiger partial charge in [0, 0.05) is 6.42 Å². The van der Waals surface area contributed by atoms with Gasteiger partial charge in [-0.15, -0.1) is 0 Å². The van der Waals surface area contributed by atoms with Crippen molar-refractivity contribution >= 4 is 5.91 Å². The molecule has 0 bridgehead atoms. The lowest BCUT2D eigenvalue weighted by Gasteiger charge is -2.09. The molecule has 0 fully saturated rings. The number of amides is 1. The van der Waals surface area contributed by atoms with E-state index in [-0.39, 0.29) is 5.91 Å². The summed E-state index contributed by atoms with van der Waals surface area (Å²) in [6.07, 6.45) is 1.30. The molecule has 0 saturated heterocycles. The largest absolute Gasteiger partial charge is 0.370 e. The molecule has 0 radical (unpaired) electrons. The Morgan fingerprint density at radius 2 is 2.00 bits per heavy atom. The van der Waals surface area contributed by atoms with Crippen LogP contribution in [0.2, 0.25) is 0 Å². The summed E-state index contributed by atoms with van der Waals surface area (Å²) in [5.74, 6) is 0.191. The SMILES string of the molecule is CC(CCC(N)=O)c1ccccc1. The van der Waals surface area contributed by atoms with Crippen molar-refractivity contribution in [1.82, 2.24) is 0 Å². The van der Waals surface area contributed by atoms with Crippen molar-refractivity contribution in [2.45, 2.75) is 25.7 Å². The lowest BCUT2D eigenvalue weighted by Crippen LogP contribution is -2.11. The number of carbonyl (C=O) groups is 1. The first kappa shape index (κ1) is 9.78. The average molecular weight is 177 g/mol. The summed E-state index contributed by atoms with van der Waals surface area (Å²) in [6.45, 7) is 2.11. The average Bonchev–Trinajstić information content (AvgIpc) is 2.15. The van der Waals surface area contributed by atoms with Crippen molar-refractivity contribution in [1.29, 1.82) is 0 Å². The predicted molar refractivity (Wildman–Crippen MR) is 53.3 cm³/mol. The molecule has 0 aromatic heterocycles. The van der Waals surface area contributed by atoms with E-state index in [1.165, 1.54) is 5.56 Å². The molecule has 0 spiro atoms. The van der Waals surface area contributed by atoms with E-state index in [1.54, 1.807) is 0 Å². The molecule has 0 saturated carbocycles. The summed E-state index contributed by atoms with van der Waals surface area (Å²) >= 11 is 0. The molecule has 13 heavy (non-hydrogen) atoms. The van der Waals surface area contributed by atoms with E-state index in [2.05, 4.69) is 19.1 Å². The van der Waals surface area contributed by atoms with E-state index in [1.807, 2.05) is 18.2 Å².